The van der Waals surface area contributed by atoms with Gasteiger partial charge in [0, 0.05) is 24.9 Å². The third-order valence-electron chi connectivity index (χ3n) is 3.05. The van der Waals surface area contributed by atoms with Crippen molar-refractivity contribution in [2.75, 3.05) is 13.6 Å². The van der Waals surface area contributed by atoms with Crippen LogP contribution in [0.5, 0.6) is 0 Å². The zero-order valence-corrected chi connectivity index (χ0v) is 10.6. The van der Waals surface area contributed by atoms with Gasteiger partial charge in [-0.2, -0.15) is 0 Å². The van der Waals surface area contributed by atoms with Crippen molar-refractivity contribution in [3.05, 3.63) is 22.4 Å². The number of likely N-dealkylation sites (tertiary alicyclic amines) is 1. The summed E-state index contributed by atoms with van der Waals surface area (Å²) in [6.07, 6.45) is 1.98. The average Bonchev–Trinajstić information content (AvgIpc) is 2.91. The molecule has 2 heterocycles. The van der Waals surface area contributed by atoms with Gasteiger partial charge in [-0.3, -0.25) is 9.59 Å². The summed E-state index contributed by atoms with van der Waals surface area (Å²) < 4.78 is 0. The lowest BCUT2D eigenvalue weighted by molar-refractivity contribution is -0.133. The van der Waals surface area contributed by atoms with Gasteiger partial charge in [-0.15, -0.1) is 11.3 Å². The highest BCUT2D eigenvalue weighted by Crippen LogP contribution is 2.16. The normalized spacial score (nSPS) is 19.7. The number of hydrogen-bond acceptors (Lipinski definition) is 3. The van der Waals surface area contributed by atoms with Gasteiger partial charge in [0.25, 0.3) is 0 Å². The van der Waals surface area contributed by atoms with Crippen LogP contribution in [0.2, 0.25) is 0 Å². The van der Waals surface area contributed by atoms with E-state index in [-0.39, 0.29) is 17.9 Å². The molecule has 0 aliphatic carbocycles. The quantitative estimate of drug-likeness (QED) is 0.870. The lowest BCUT2D eigenvalue weighted by Crippen LogP contribution is -2.43. The highest BCUT2D eigenvalue weighted by molar-refractivity contribution is 7.09. The summed E-state index contributed by atoms with van der Waals surface area (Å²) in [5, 5.41) is 4.92. The molecule has 1 aromatic rings. The van der Waals surface area contributed by atoms with Crippen LogP contribution in [0.3, 0.4) is 0 Å². The molecule has 2 rings (SSSR count). The molecule has 2 amide bonds. The molecule has 5 heteroatoms. The molecule has 1 aliphatic rings. The third kappa shape index (κ3) is 2.85. The molecule has 0 saturated carbocycles. The number of carbonyl (C=O) groups is 2. The van der Waals surface area contributed by atoms with Crippen LogP contribution >= 0.6 is 11.3 Å². The van der Waals surface area contributed by atoms with Crippen molar-refractivity contribution < 1.29 is 9.59 Å². The molecule has 1 fully saturated rings. The van der Waals surface area contributed by atoms with E-state index in [1.165, 1.54) is 4.88 Å². The molecule has 92 valence electrons. The summed E-state index contributed by atoms with van der Waals surface area (Å²) in [5.41, 5.74) is 0. The fourth-order valence-electron chi connectivity index (χ4n) is 1.99. The van der Waals surface area contributed by atoms with Gasteiger partial charge < -0.3 is 10.2 Å². The fraction of sp³-hybridized carbons (Fsp3) is 0.500. The SMILES string of the molecule is CN1C(=O)CCC1C(=O)NCCc1cccs1. The first-order chi connectivity index (χ1) is 8.18. The van der Waals surface area contributed by atoms with E-state index in [9.17, 15) is 9.59 Å². The minimum absolute atomic E-state index is 0.0325. The van der Waals surface area contributed by atoms with Gasteiger partial charge in [0.2, 0.25) is 11.8 Å². The Morgan fingerprint density at radius 1 is 1.65 bits per heavy atom. The molecular formula is C12H16N2O2S. The van der Waals surface area contributed by atoms with E-state index in [0.29, 0.717) is 19.4 Å². The van der Waals surface area contributed by atoms with Gasteiger partial charge in [-0.1, -0.05) is 6.07 Å². The Hall–Kier alpha value is -1.36. The van der Waals surface area contributed by atoms with Crippen LogP contribution in [0.25, 0.3) is 0 Å². The van der Waals surface area contributed by atoms with Crippen molar-refractivity contribution in [3.8, 4) is 0 Å². The Bertz CT molecular complexity index is 403. The van der Waals surface area contributed by atoms with Crippen molar-refractivity contribution in [3.63, 3.8) is 0 Å². The summed E-state index contributed by atoms with van der Waals surface area (Å²) in [5.74, 6) is 0.0262. The molecule has 17 heavy (non-hydrogen) atoms. The summed E-state index contributed by atoms with van der Waals surface area (Å²) in [6.45, 7) is 0.637. The number of hydrogen-bond donors (Lipinski definition) is 1. The topological polar surface area (TPSA) is 49.4 Å². The minimum atomic E-state index is -0.272. The molecule has 0 aromatic carbocycles. The van der Waals surface area contributed by atoms with Crippen LogP contribution in [0.15, 0.2) is 17.5 Å². The van der Waals surface area contributed by atoms with Crippen molar-refractivity contribution >= 4 is 23.2 Å². The van der Waals surface area contributed by atoms with Crippen LogP contribution in [0.4, 0.5) is 0 Å². The maximum Gasteiger partial charge on any atom is 0.242 e. The summed E-state index contributed by atoms with van der Waals surface area (Å²) in [7, 11) is 1.69. The van der Waals surface area contributed by atoms with E-state index in [0.717, 1.165) is 6.42 Å². The molecular weight excluding hydrogens is 236 g/mol. The number of carbonyl (C=O) groups excluding carboxylic acids is 2. The molecule has 1 aromatic heterocycles. The number of thiophene rings is 1. The zero-order chi connectivity index (χ0) is 12.3. The first kappa shape index (κ1) is 12.1. The number of nitrogens with one attached hydrogen (secondary N) is 1. The number of likely N-dealkylation sites (N-methyl/N-ethyl adjacent to an activating group) is 1. The first-order valence-corrected chi connectivity index (χ1v) is 6.62. The smallest absolute Gasteiger partial charge is 0.242 e. The van der Waals surface area contributed by atoms with Gasteiger partial charge in [-0.05, 0) is 24.3 Å². The molecule has 0 bridgehead atoms. The molecule has 0 spiro atoms. The van der Waals surface area contributed by atoms with Gasteiger partial charge in [0.1, 0.15) is 6.04 Å². The minimum Gasteiger partial charge on any atom is -0.354 e. The van der Waals surface area contributed by atoms with E-state index >= 15 is 0 Å². The summed E-state index contributed by atoms with van der Waals surface area (Å²) in [4.78, 5) is 25.9. The van der Waals surface area contributed by atoms with Crippen molar-refractivity contribution in [1.29, 1.82) is 0 Å². The fourth-order valence-corrected chi connectivity index (χ4v) is 2.70. The van der Waals surface area contributed by atoms with E-state index in [4.69, 9.17) is 0 Å². The Labute approximate surface area is 105 Å². The second-order valence-electron chi connectivity index (χ2n) is 4.18. The number of nitrogens with zero attached hydrogens (tertiary/aromatic N) is 1. The molecule has 1 N–H and O–H groups in total. The van der Waals surface area contributed by atoms with Crippen LogP contribution in [-0.4, -0.2) is 36.3 Å². The van der Waals surface area contributed by atoms with Crippen molar-refractivity contribution in [2.24, 2.45) is 0 Å². The number of amides is 2. The molecule has 1 aliphatic heterocycles. The van der Waals surface area contributed by atoms with Crippen LogP contribution < -0.4 is 5.32 Å². The molecule has 1 saturated heterocycles. The van der Waals surface area contributed by atoms with E-state index in [2.05, 4.69) is 11.4 Å². The third-order valence-corrected chi connectivity index (χ3v) is 3.98. The standard InChI is InChI=1S/C12H16N2O2S/c1-14-10(4-5-11(14)15)12(16)13-7-6-9-3-2-8-17-9/h2-3,8,10H,4-7H2,1H3,(H,13,16). The Morgan fingerprint density at radius 2 is 2.47 bits per heavy atom. The van der Waals surface area contributed by atoms with Gasteiger partial charge in [0.05, 0.1) is 0 Å². The summed E-state index contributed by atoms with van der Waals surface area (Å²) >= 11 is 1.69. The van der Waals surface area contributed by atoms with E-state index < -0.39 is 0 Å². The summed E-state index contributed by atoms with van der Waals surface area (Å²) in [6, 6.07) is 3.79. The lowest BCUT2D eigenvalue weighted by atomic mass is 10.2. The van der Waals surface area contributed by atoms with Gasteiger partial charge in [0.15, 0.2) is 0 Å². The van der Waals surface area contributed by atoms with E-state index in [1.807, 2.05) is 11.4 Å². The predicted molar refractivity (Wildman–Crippen MR) is 66.8 cm³/mol. The second kappa shape index (κ2) is 5.31. The molecule has 1 atom stereocenters. The van der Waals surface area contributed by atoms with Crippen molar-refractivity contribution in [2.45, 2.75) is 25.3 Å². The number of rotatable bonds is 4. The van der Waals surface area contributed by atoms with E-state index in [1.54, 1.807) is 23.3 Å². The Morgan fingerprint density at radius 3 is 3.06 bits per heavy atom. The van der Waals surface area contributed by atoms with Crippen molar-refractivity contribution in [1.82, 2.24) is 10.2 Å². The maximum absolute atomic E-state index is 11.8. The first-order valence-electron chi connectivity index (χ1n) is 5.74. The highest BCUT2D eigenvalue weighted by atomic mass is 32.1. The molecule has 4 nitrogen and oxygen atoms in total. The van der Waals surface area contributed by atoms with Gasteiger partial charge in [-0.25, -0.2) is 0 Å². The second-order valence-corrected chi connectivity index (χ2v) is 5.21. The largest absolute Gasteiger partial charge is 0.354 e. The van der Waals surface area contributed by atoms with Crippen LogP contribution in [-0.2, 0) is 16.0 Å². The highest BCUT2D eigenvalue weighted by Gasteiger charge is 2.32. The maximum atomic E-state index is 11.8. The van der Waals surface area contributed by atoms with Gasteiger partial charge >= 0.3 is 0 Å². The zero-order valence-electron chi connectivity index (χ0n) is 9.81. The van der Waals surface area contributed by atoms with Crippen LogP contribution in [0, 0.1) is 0 Å². The molecule has 0 radical (unpaired) electrons. The Balaban J connectivity index is 1.76. The molecule has 1 unspecified atom stereocenters. The monoisotopic (exact) mass is 252 g/mol. The lowest BCUT2D eigenvalue weighted by Gasteiger charge is -2.18. The average molecular weight is 252 g/mol. The predicted octanol–water partition coefficient (Wildman–Crippen LogP) is 1.03. The van der Waals surface area contributed by atoms with Crippen LogP contribution in [0.1, 0.15) is 17.7 Å². The Kier molecular flexibility index (Phi) is 3.78.